The second-order valence-electron chi connectivity index (χ2n) is 12.2. The average molecular weight is 568 g/mol. The van der Waals surface area contributed by atoms with E-state index in [2.05, 4.69) is 142 Å². The number of benzene rings is 2. The molecule has 1 heteroatoms. The molecule has 0 bridgehead atoms. The third-order valence-electron chi connectivity index (χ3n) is 7.88. The van der Waals surface area contributed by atoms with Crippen molar-refractivity contribution in [2.24, 2.45) is 5.92 Å². The first-order valence-corrected chi connectivity index (χ1v) is 16.2. The van der Waals surface area contributed by atoms with E-state index < -0.39 is 0 Å². The monoisotopic (exact) mass is 567 g/mol. The largest absolute Gasteiger partial charge is 0.349 e. The van der Waals surface area contributed by atoms with Crippen molar-refractivity contribution in [3.8, 4) is 0 Å². The Bertz CT molecular complexity index is 1180. The lowest BCUT2D eigenvalue weighted by Gasteiger charge is -2.26. The molecule has 1 saturated carbocycles. The topological polar surface area (TPSA) is 3.24 Å². The summed E-state index contributed by atoms with van der Waals surface area (Å²) in [6.45, 7) is 32.7. The zero-order valence-electron chi connectivity index (χ0n) is 28.7. The van der Waals surface area contributed by atoms with Gasteiger partial charge < -0.3 is 4.90 Å². The van der Waals surface area contributed by atoms with Crippen LogP contribution in [0.15, 0.2) is 103 Å². The predicted molar refractivity (Wildman–Crippen MR) is 191 cm³/mol. The Morgan fingerprint density at radius 1 is 0.929 bits per heavy atom. The second kappa shape index (κ2) is 20.0. The van der Waals surface area contributed by atoms with Crippen LogP contribution in [0.2, 0.25) is 0 Å². The van der Waals surface area contributed by atoms with E-state index in [1.165, 1.54) is 83.3 Å². The van der Waals surface area contributed by atoms with Crippen LogP contribution in [0.5, 0.6) is 0 Å². The molecule has 0 spiro atoms. The summed E-state index contributed by atoms with van der Waals surface area (Å²) in [6, 6.07) is 17.3. The third-order valence-corrected chi connectivity index (χ3v) is 7.88. The van der Waals surface area contributed by atoms with E-state index in [-0.39, 0.29) is 0 Å². The Morgan fingerprint density at radius 2 is 1.55 bits per heavy atom. The van der Waals surface area contributed by atoms with Crippen molar-refractivity contribution < 1.29 is 0 Å². The van der Waals surface area contributed by atoms with Gasteiger partial charge in [0.05, 0.1) is 0 Å². The van der Waals surface area contributed by atoms with Crippen LogP contribution in [0.3, 0.4) is 0 Å². The summed E-state index contributed by atoms with van der Waals surface area (Å²) >= 11 is 0. The summed E-state index contributed by atoms with van der Waals surface area (Å²) in [4.78, 5) is 2.32. The number of aryl methyl sites for hydroxylation is 1. The van der Waals surface area contributed by atoms with Gasteiger partial charge in [0.25, 0.3) is 0 Å². The minimum atomic E-state index is 0.739. The summed E-state index contributed by atoms with van der Waals surface area (Å²) < 4.78 is 0. The molecule has 1 nitrogen and oxygen atoms in total. The average Bonchev–Trinajstić information content (AvgIpc) is 3.79. The Labute approximate surface area is 260 Å². The van der Waals surface area contributed by atoms with Crippen molar-refractivity contribution in [2.75, 3.05) is 6.54 Å². The Kier molecular flexibility index (Phi) is 17.6. The number of rotatable bonds is 13. The highest BCUT2D eigenvalue weighted by molar-refractivity contribution is 5.75. The minimum Gasteiger partial charge on any atom is -0.349 e. The Balaban J connectivity index is 0.000000383. The summed E-state index contributed by atoms with van der Waals surface area (Å²) in [5, 5.41) is 0. The highest BCUT2D eigenvalue weighted by atomic mass is 15.1. The molecule has 1 fully saturated rings. The van der Waals surface area contributed by atoms with E-state index in [0.29, 0.717) is 0 Å². The summed E-state index contributed by atoms with van der Waals surface area (Å²) in [6.07, 6.45) is 13.3. The molecule has 0 heterocycles. The number of nitrogens with zero attached hydrogens (tertiary/aromatic N) is 1. The Hall–Kier alpha value is -3.06. The molecular formula is C41H61N. The molecule has 230 valence electrons. The van der Waals surface area contributed by atoms with Crippen molar-refractivity contribution in [3.63, 3.8) is 0 Å². The van der Waals surface area contributed by atoms with Crippen LogP contribution in [-0.4, -0.2) is 11.4 Å². The van der Waals surface area contributed by atoms with Gasteiger partial charge in [-0.2, -0.15) is 0 Å². The van der Waals surface area contributed by atoms with E-state index in [0.717, 1.165) is 30.4 Å². The van der Waals surface area contributed by atoms with Crippen LogP contribution in [-0.2, 0) is 6.42 Å². The molecular weight excluding hydrogens is 506 g/mol. The van der Waals surface area contributed by atoms with E-state index in [9.17, 15) is 0 Å². The molecule has 0 amide bonds. The summed E-state index contributed by atoms with van der Waals surface area (Å²) in [5.41, 5.74) is 11.4. The second-order valence-corrected chi connectivity index (χ2v) is 12.2. The molecule has 0 saturated heterocycles. The van der Waals surface area contributed by atoms with E-state index in [1.807, 2.05) is 6.08 Å². The lowest BCUT2D eigenvalue weighted by Crippen LogP contribution is -2.20. The van der Waals surface area contributed by atoms with Gasteiger partial charge in [-0.25, -0.2) is 0 Å². The van der Waals surface area contributed by atoms with Gasteiger partial charge in [0.2, 0.25) is 0 Å². The van der Waals surface area contributed by atoms with Gasteiger partial charge in [0, 0.05) is 17.9 Å². The number of hydrogen-bond donors (Lipinski definition) is 0. The maximum absolute atomic E-state index is 4.34. The van der Waals surface area contributed by atoms with Crippen molar-refractivity contribution >= 4 is 5.57 Å². The van der Waals surface area contributed by atoms with Crippen LogP contribution >= 0.6 is 0 Å². The number of hydrogen-bond acceptors (Lipinski definition) is 1. The smallest absolute Gasteiger partial charge is 0.0196 e. The molecule has 0 unspecified atom stereocenters. The molecule has 0 radical (unpaired) electrons. The molecule has 42 heavy (non-hydrogen) atoms. The zero-order valence-corrected chi connectivity index (χ0v) is 28.7. The normalized spacial score (nSPS) is 13.2. The predicted octanol–water partition coefficient (Wildman–Crippen LogP) is 12.6. The third kappa shape index (κ3) is 13.7. The molecule has 0 atom stereocenters. The lowest BCUT2D eigenvalue weighted by molar-refractivity contribution is 0.449. The van der Waals surface area contributed by atoms with Crippen LogP contribution < -0.4 is 0 Å². The molecule has 0 aromatic heterocycles. The lowest BCUT2D eigenvalue weighted by atomic mass is 9.97. The molecule has 2 aromatic carbocycles. The fourth-order valence-corrected chi connectivity index (χ4v) is 5.36. The van der Waals surface area contributed by atoms with Gasteiger partial charge in [-0.3, -0.25) is 0 Å². The fourth-order valence-electron chi connectivity index (χ4n) is 5.36. The van der Waals surface area contributed by atoms with Gasteiger partial charge in [0.15, 0.2) is 0 Å². The van der Waals surface area contributed by atoms with Crippen LogP contribution in [0.1, 0.15) is 122 Å². The van der Waals surface area contributed by atoms with Gasteiger partial charge in [-0.15, -0.1) is 0 Å². The highest BCUT2D eigenvalue weighted by Crippen LogP contribution is 2.43. The van der Waals surface area contributed by atoms with Crippen molar-refractivity contribution in [2.45, 2.75) is 113 Å². The van der Waals surface area contributed by atoms with Crippen molar-refractivity contribution in [1.29, 1.82) is 0 Å². The first kappa shape index (κ1) is 37.0. The quantitative estimate of drug-likeness (QED) is 0.172. The summed E-state index contributed by atoms with van der Waals surface area (Å²) in [5.74, 6) is 1.70. The molecule has 2 aromatic rings. The van der Waals surface area contributed by atoms with Crippen molar-refractivity contribution in [3.05, 3.63) is 125 Å². The van der Waals surface area contributed by atoms with E-state index >= 15 is 0 Å². The minimum absolute atomic E-state index is 0.739. The van der Waals surface area contributed by atoms with E-state index in [4.69, 9.17) is 0 Å². The van der Waals surface area contributed by atoms with Gasteiger partial charge in [-0.05, 0) is 107 Å². The molecule has 0 aliphatic heterocycles. The SMILES string of the molecule is C=C(C)Cc1cccc(C)c1.C=C/C(C)=C(/C)N(CC)/C(C)=C\C(=C)c1ccccc1C1CC1.CCCC(C)CCC. The number of allylic oxidation sites excluding steroid dienone is 7. The van der Waals surface area contributed by atoms with Crippen LogP contribution in [0, 0.1) is 12.8 Å². The standard InChI is InChI=1S/C22H29N.C11H14.C8H18/c1-7-16(3)19(6)23(8-2)18(5)15-17(4)21-11-9-10-12-22(21)20-13-14-20;1-9(2)7-11-6-4-5-10(3)8-11;1-4-6-8(3)7-5-2/h7,9-12,15,20H,1,4,8,13-14H2,2-3,5-6H3;4-6,8H,1,7H2,2-3H3;8H,4-7H2,1-3H3/b18-15-,19-16-;;. The van der Waals surface area contributed by atoms with Crippen molar-refractivity contribution in [1.82, 2.24) is 4.90 Å². The van der Waals surface area contributed by atoms with Gasteiger partial charge >= 0.3 is 0 Å². The van der Waals surface area contributed by atoms with Crippen LogP contribution in [0.25, 0.3) is 5.57 Å². The molecule has 1 aliphatic rings. The zero-order chi connectivity index (χ0) is 31.7. The van der Waals surface area contributed by atoms with Gasteiger partial charge in [-0.1, -0.05) is 132 Å². The molecule has 3 rings (SSSR count). The summed E-state index contributed by atoms with van der Waals surface area (Å²) in [7, 11) is 0. The maximum atomic E-state index is 4.34. The Morgan fingerprint density at radius 3 is 2.05 bits per heavy atom. The highest BCUT2D eigenvalue weighted by Gasteiger charge is 2.26. The maximum Gasteiger partial charge on any atom is 0.0196 e. The molecule has 1 aliphatic carbocycles. The first-order chi connectivity index (χ1) is 20.0. The first-order valence-electron chi connectivity index (χ1n) is 16.2. The van der Waals surface area contributed by atoms with Gasteiger partial charge in [0.1, 0.15) is 0 Å². The van der Waals surface area contributed by atoms with Crippen LogP contribution in [0.4, 0.5) is 0 Å². The molecule has 0 N–H and O–H groups in total. The van der Waals surface area contributed by atoms with E-state index in [1.54, 1.807) is 0 Å². The fraction of sp³-hybridized carbons (Fsp3) is 0.463.